The minimum Gasteiger partial charge on any atom is -0.452 e. The maximum absolute atomic E-state index is 13.2. The highest BCUT2D eigenvalue weighted by molar-refractivity contribution is 5.82. The first kappa shape index (κ1) is 17.0. The molecule has 0 atom stereocenters. The Hall–Kier alpha value is -3.47. The summed E-state index contributed by atoms with van der Waals surface area (Å²) in [6.07, 6.45) is 0. The Kier molecular flexibility index (Phi) is 4.20. The summed E-state index contributed by atoms with van der Waals surface area (Å²) in [5.74, 6) is 0.448. The molecule has 0 saturated heterocycles. The van der Waals surface area contributed by atoms with Gasteiger partial charge in [-0.25, -0.2) is 9.97 Å². The summed E-state index contributed by atoms with van der Waals surface area (Å²) in [5.41, 5.74) is 3.55. The van der Waals surface area contributed by atoms with Crippen molar-refractivity contribution in [2.75, 3.05) is 0 Å². The highest BCUT2D eigenvalue weighted by Crippen LogP contribution is 2.33. The second-order valence-electron chi connectivity index (χ2n) is 6.49. The van der Waals surface area contributed by atoms with E-state index in [0.717, 1.165) is 22.5 Å². The second kappa shape index (κ2) is 6.68. The number of fused-ring (bicyclic) bond motifs is 1. The van der Waals surface area contributed by atoms with Gasteiger partial charge in [0.2, 0.25) is 11.2 Å². The SMILES string of the molecule is Cc1ccc2c(=O)c(Oc3nc(C)cc(C)n3)c(-c3ccccc3)oc2c1. The molecule has 2 heterocycles. The average Bonchev–Trinajstić information content (AvgIpc) is 2.63. The van der Waals surface area contributed by atoms with Gasteiger partial charge in [0.1, 0.15) is 5.58 Å². The lowest BCUT2D eigenvalue weighted by Gasteiger charge is -2.11. The molecule has 0 unspecified atom stereocenters. The molecule has 0 N–H and O–H groups in total. The van der Waals surface area contributed by atoms with Crippen LogP contribution in [0.4, 0.5) is 0 Å². The van der Waals surface area contributed by atoms with Crippen molar-refractivity contribution in [3.63, 3.8) is 0 Å². The maximum Gasteiger partial charge on any atom is 0.322 e. The molecule has 0 bridgehead atoms. The molecule has 5 nitrogen and oxygen atoms in total. The van der Waals surface area contributed by atoms with Gasteiger partial charge in [-0.2, -0.15) is 0 Å². The van der Waals surface area contributed by atoms with Crippen LogP contribution in [0.1, 0.15) is 17.0 Å². The van der Waals surface area contributed by atoms with Crippen molar-refractivity contribution in [2.45, 2.75) is 20.8 Å². The Morgan fingerprint density at radius 2 is 1.59 bits per heavy atom. The number of ether oxygens (including phenoxy) is 1. The average molecular weight is 358 g/mol. The third kappa shape index (κ3) is 3.31. The fourth-order valence-corrected chi connectivity index (χ4v) is 2.99. The summed E-state index contributed by atoms with van der Waals surface area (Å²) >= 11 is 0. The molecule has 134 valence electrons. The quantitative estimate of drug-likeness (QED) is 0.517. The Balaban J connectivity index is 1.98. The zero-order valence-corrected chi connectivity index (χ0v) is 15.3. The summed E-state index contributed by atoms with van der Waals surface area (Å²) in [7, 11) is 0. The van der Waals surface area contributed by atoms with Crippen molar-refractivity contribution >= 4 is 11.0 Å². The fourth-order valence-electron chi connectivity index (χ4n) is 2.99. The highest BCUT2D eigenvalue weighted by atomic mass is 16.5. The molecule has 5 heteroatoms. The Morgan fingerprint density at radius 1 is 0.889 bits per heavy atom. The maximum atomic E-state index is 13.2. The van der Waals surface area contributed by atoms with Gasteiger partial charge in [-0.1, -0.05) is 36.4 Å². The molecular weight excluding hydrogens is 340 g/mol. The van der Waals surface area contributed by atoms with E-state index >= 15 is 0 Å². The Bertz CT molecular complexity index is 1180. The van der Waals surface area contributed by atoms with Gasteiger partial charge >= 0.3 is 6.01 Å². The lowest BCUT2D eigenvalue weighted by molar-refractivity contribution is 0.421. The van der Waals surface area contributed by atoms with Crippen LogP contribution in [-0.4, -0.2) is 9.97 Å². The zero-order valence-electron chi connectivity index (χ0n) is 15.3. The molecule has 4 aromatic rings. The predicted octanol–water partition coefficient (Wildman–Crippen LogP) is 4.97. The van der Waals surface area contributed by atoms with E-state index in [1.807, 2.05) is 69.3 Å². The van der Waals surface area contributed by atoms with Crippen molar-refractivity contribution in [3.8, 4) is 23.1 Å². The smallest absolute Gasteiger partial charge is 0.322 e. The first-order valence-electron chi connectivity index (χ1n) is 8.64. The van der Waals surface area contributed by atoms with E-state index in [2.05, 4.69) is 9.97 Å². The summed E-state index contributed by atoms with van der Waals surface area (Å²) in [6.45, 7) is 5.66. The first-order chi connectivity index (χ1) is 13.0. The van der Waals surface area contributed by atoms with Gasteiger partial charge in [0, 0.05) is 17.0 Å². The van der Waals surface area contributed by atoms with E-state index in [1.165, 1.54) is 0 Å². The van der Waals surface area contributed by atoms with Crippen molar-refractivity contribution < 1.29 is 9.15 Å². The number of hydrogen-bond donors (Lipinski definition) is 0. The molecule has 0 saturated carbocycles. The summed E-state index contributed by atoms with van der Waals surface area (Å²) in [5, 5.41) is 0.458. The number of aryl methyl sites for hydroxylation is 3. The van der Waals surface area contributed by atoms with Crippen molar-refractivity contribution in [3.05, 3.63) is 81.8 Å². The standard InChI is InChI=1S/C22H18N2O3/c1-13-9-10-17-18(11-13)26-20(16-7-5-4-6-8-16)21(19(17)25)27-22-23-14(2)12-15(3)24-22/h4-12H,1-3H3. The van der Waals surface area contributed by atoms with Crippen LogP contribution in [0.2, 0.25) is 0 Å². The largest absolute Gasteiger partial charge is 0.452 e. The van der Waals surface area contributed by atoms with Crippen LogP contribution in [0, 0.1) is 20.8 Å². The molecule has 2 aromatic carbocycles. The van der Waals surface area contributed by atoms with E-state index in [-0.39, 0.29) is 17.2 Å². The summed E-state index contributed by atoms with van der Waals surface area (Å²) in [4.78, 5) is 21.7. The van der Waals surface area contributed by atoms with E-state index in [9.17, 15) is 4.79 Å². The molecule has 0 radical (unpaired) electrons. The summed E-state index contributed by atoms with van der Waals surface area (Å²) in [6, 6.07) is 16.9. The first-order valence-corrected chi connectivity index (χ1v) is 8.64. The second-order valence-corrected chi connectivity index (χ2v) is 6.49. The lowest BCUT2D eigenvalue weighted by atomic mass is 10.1. The number of hydrogen-bond acceptors (Lipinski definition) is 5. The molecule has 0 aliphatic carbocycles. The van der Waals surface area contributed by atoms with Crippen LogP contribution < -0.4 is 10.2 Å². The van der Waals surface area contributed by atoms with E-state index in [0.29, 0.717) is 16.7 Å². The van der Waals surface area contributed by atoms with Crippen LogP contribution in [-0.2, 0) is 0 Å². The molecule has 2 aromatic heterocycles. The minimum absolute atomic E-state index is 0.0857. The van der Waals surface area contributed by atoms with Crippen molar-refractivity contribution in [1.29, 1.82) is 0 Å². The zero-order chi connectivity index (χ0) is 19.0. The van der Waals surface area contributed by atoms with E-state index in [4.69, 9.17) is 9.15 Å². The van der Waals surface area contributed by atoms with Crippen LogP contribution in [0.25, 0.3) is 22.3 Å². The highest BCUT2D eigenvalue weighted by Gasteiger charge is 2.19. The van der Waals surface area contributed by atoms with Crippen molar-refractivity contribution in [2.24, 2.45) is 0 Å². The number of nitrogens with zero attached hydrogens (tertiary/aromatic N) is 2. The molecule has 0 aliphatic rings. The minimum atomic E-state index is -0.252. The van der Waals surface area contributed by atoms with Crippen LogP contribution >= 0.6 is 0 Å². The molecule has 0 spiro atoms. The third-order valence-corrected chi connectivity index (χ3v) is 4.20. The van der Waals surface area contributed by atoms with E-state index < -0.39 is 0 Å². The fraction of sp³-hybridized carbons (Fsp3) is 0.136. The molecular formula is C22H18N2O3. The molecule has 0 fully saturated rings. The van der Waals surface area contributed by atoms with E-state index in [1.54, 1.807) is 6.07 Å². The van der Waals surface area contributed by atoms with Gasteiger partial charge in [0.25, 0.3) is 0 Å². The van der Waals surface area contributed by atoms with Gasteiger partial charge in [-0.3, -0.25) is 4.79 Å². The number of rotatable bonds is 3. The molecule has 0 amide bonds. The van der Waals surface area contributed by atoms with Crippen LogP contribution in [0.15, 0.2) is 63.8 Å². The van der Waals surface area contributed by atoms with Crippen LogP contribution in [0.5, 0.6) is 11.8 Å². The number of benzene rings is 2. The van der Waals surface area contributed by atoms with Crippen LogP contribution in [0.3, 0.4) is 0 Å². The Labute approximate surface area is 156 Å². The lowest BCUT2D eigenvalue weighted by Crippen LogP contribution is -2.09. The van der Waals surface area contributed by atoms with Gasteiger partial charge in [-0.15, -0.1) is 0 Å². The monoisotopic (exact) mass is 358 g/mol. The van der Waals surface area contributed by atoms with Gasteiger partial charge < -0.3 is 9.15 Å². The topological polar surface area (TPSA) is 65.2 Å². The normalized spacial score (nSPS) is 10.9. The molecule has 27 heavy (non-hydrogen) atoms. The van der Waals surface area contributed by atoms with Gasteiger partial charge in [0.15, 0.2) is 5.76 Å². The van der Waals surface area contributed by atoms with Crippen molar-refractivity contribution in [1.82, 2.24) is 9.97 Å². The molecule has 0 aliphatic heterocycles. The number of aromatic nitrogens is 2. The third-order valence-electron chi connectivity index (χ3n) is 4.20. The van der Waals surface area contributed by atoms with Gasteiger partial charge in [-0.05, 0) is 44.5 Å². The van der Waals surface area contributed by atoms with Gasteiger partial charge in [0.05, 0.1) is 5.39 Å². The summed E-state index contributed by atoms with van der Waals surface area (Å²) < 4.78 is 12.0. The predicted molar refractivity (Wildman–Crippen MR) is 104 cm³/mol. The Morgan fingerprint density at radius 3 is 2.30 bits per heavy atom. The molecule has 4 rings (SSSR count).